The molecule has 0 radical (unpaired) electrons. The van der Waals surface area contributed by atoms with Gasteiger partial charge in [0.15, 0.2) is 4.90 Å². The maximum atomic E-state index is 2.48. The van der Waals surface area contributed by atoms with Gasteiger partial charge in [0.2, 0.25) is 0 Å². The monoisotopic (exact) mass is 299 g/mol. The molecule has 0 aliphatic heterocycles. The Labute approximate surface area is 132 Å². The predicted molar refractivity (Wildman–Crippen MR) is 90.7 cm³/mol. The lowest BCUT2D eigenvalue weighted by Gasteiger charge is -2.38. The highest BCUT2D eigenvalue weighted by Crippen LogP contribution is 2.64. The molecule has 0 unspecified atom stereocenters. The van der Waals surface area contributed by atoms with E-state index in [9.17, 15) is 0 Å². The third-order valence-electron chi connectivity index (χ3n) is 7.20. The van der Waals surface area contributed by atoms with Crippen molar-refractivity contribution in [2.45, 2.75) is 78.6 Å². The van der Waals surface area contributed by atoms with Crippen molar-refractivity contribution in [3.8, 4) is 0 Å². The van der Waals surface area contributed by atoms with Crippen LogP contribution < -0.4 is 0 Å². The molecular weight excluding hydrogens is 272 g/mol. The number of hydrogen-bond acceptors (Lipinski definition) is 0. The summed E-state index contributed by atoms with van der Waals surface area (Å²) in [5.74, 6) is 2.16. The van der Waals surface area contributed by atoms with Crippen LogP contribution in [0.3, 0.4) is 0 Å². The molecule has 0 nitrogen and oxygen atoms in total. The molecule has 1 heteroatoms. The summed E-state index contributed by atoms with van der Waals surface area (Å²) in [5, 5.41) is 0. The van der Waals surface area contributed by atoms with Gasteiger partial charge in [0.25, 0.3) is 0 Å². The van der Waals surface area contributed by atoms with Gasteiger partial charge in [-0.2, -0.15) is 0 Å². The fraction of sp³-hybridized carbons (Fsp3) is 0.700. The van der Waals surface area contributed by atoms with E-state index in [1.807, 2.05) is 0 Å². The second kappa shape index (κ2) is 4.54. The van der Waals surface area contributed by atoms with Crippen molar-refractivity contribution >= 4 is 10.9 Å². The van der Waals surface area contributed by atoms with E-state index in [0.29, 0.717) is 20.4 Å². The Morgan fingerprint density at radius 2 is 1.19 bits per heavy atom. The van der Waals surface area contributed by atoms with Crippen LogP contribution in [0.1, 0.15) is 64.2 Å². The van der Waals surface area contributed by atoms with E-state index in [0.717, 1.165) is 11.8 Å². The van der Waals surface area contributed by atoms with Gasteiger partial charge in [-0.3, -0.25) is 0 Å². The summed E-state index contributed by atoms with van der Waals surface area (Å²) in [5.41, 5.74) is 0. The molecule has 4 bridgehead atoms. The van der Waals surface area contributed by atoms with Gasteiger partial charge in [0.1, 0.15) is 9.49 Å². The van der Waals surface area contributed by atoms with E-state index < -0.39 is 0 Å². The van der Waals surface area contributed by atoms with E-state index in [2.05, 4.69) is 30.3 Å². The first kappa shape index (κ1) is 13.0. The van der Waals surface area contributed by atoms with Crippen molar-refractivity contribution in [3.05, 3.63) is 30.3 Å². The molecule has 0 heterocycles. The van der Waals surface area contributed by atoms with E-state index in [1.54, 1.807) is 43.4 Å². The fourth-order valence-electron chi connectivity index (χ4n) is 6.37. The third-order valence-corrected chi connectivity index (χ3v) is 10.8. The van der Waals surface area contributed by atoms with Gasteiger partial charge in [-0.1, -0.05) is 18.2 Å². The molecule has 4 aliphatic carbocycles. The van der Waals surface area contributed by atoms with Crippen molar-refractivity contribution in [1.29, 1.82) is 0 Å². The van der Waals surface area contributed by atoms with E-state index in [4.69, 9.17) is 0 Å². The number of rotatable bonds is 3. The largest absolute Gasteiger partial charge is 0.156 e. The maximum absolute atomic E-state index is 2.48. The number of benzene rings is 1. The van der Waals surface area contributed by atoms with Crippen molar-refractivity contribution in [2.24, 2.45) is 11.8 Å². The van der Waals surface area contributed by atoms with Crippen LogP contribution in [0.15, 0.2) is 35.2 Å². The Bertz CT molecular complexity index is 488. The molecule has 0 atom stereocenters. The lowest BCUT2D eigenvalue weighted by Crippen LogP contribution is -2.48. The summed E-state index contributed by atoms with van der Waals surface area (Å²) in [6.07, 6.45) is 15.5. The molecule has 4 saturated carbocycles. The van der Waals surface area contributed by atoms with Gasteiger partial charge in [-0.25, -0.2) is 0 Å². The molecule has 1 aromatic carbocycles. The molecule has 0 aromatic heterocycles. The molecule has 21 heavy (non-hydrogen) atoms. The smallest absolute Gasteiger partial charge is 0.0619 e. The van der Waals surface area contributed by atoms with Gasteiger partial charge in [-0.05, 0) is 75.3 Å². The highest BCUT2D eigenvalue weighted by atomic mass is 32.2. The van der Waals surface area contributed by atoms with Crippen molar-refractivity contribution in [3.63, 3.8) is 0 Å². The maximum Gasteiger partial charge on any atom is 0.156 e. The lowest BCUT2D eigenvalue weighted by atomic mass is 9.99. The number of hydrogen-bond donors (Lipinski definition) is 0. The van der Waals surface area contributed by atoms with E-state index in [-0.39, 0.29) is 0 Å². The summed E-state index contributed by atoms with van der Waals surface area (Å²) in [4.78, 5) is 1.72. The summed E-state index contributed by atoms with van der Waals surface area (Å²) in [7, 11) is 0.528. The molecule has 0 N–H and O–H groups in total. The van der Waals surface area contributed by atoms with Crippen molar-refractivity contribution in [1.82, 2.24) is 0 Å². The van der Waals surface area contributed by atoms with Gasteiger partial charge < -0.3 is 0 Å². The molecule has 112 valence electrons. The standard InChI is InChI=1S/C20H27S/c1-2-4-18(5-3-1)21(19-10-6-16(14-19)7-11-19)20-12-8-17(15-20)9-13-20/h1-5,16-17H,6-15H2/q+1. The zero-order chi connectivity index (χ0) is 13.9. The summed E-state index contributed by atoms with van der Waals surface area (Å²) >= 11 is 0. The Morgan fingerprint density at radius 1 is 0.714 bits per heavy atom. The highest BCUT2D eigenvalue weighted by molar-refractivity contribution is 7.99. The van der Waals surface area contributed by atoms with Crippen LogP contribution in [0, 0.1) is 11.8 Å². The van der Waals surface area contributed by atoms with E-state index >= 15 is 0 Å². The van der Waals surface area contributed by atoms with Gasteiger partial charge >= 0.3 is 0 Å². The molecule has 5 rings (SSSR count). The molecule has 4 aliphatic rings. The molecule has 0 spiro atoms. The first-order valence-corrected chi connectivity index (χ1v) is 10.3. The topological polar surface area (TPSA) is 0 Å². The molecule has 1 aromatic rings. The number of fused-ring (bicyclic) bond motifs is 4. The SMILES string of the molecule is c1ccc([S+](C23CCC(CC2)C3)C23CCC(CC2)C3)cc1. The third kappa shape index (κ3) is 1.82. The van der Waals surface area contributed by atoms with Crippen molar-refractivity contribution < 1.29 is 0 Å². The lowest BCUT2D eigenvalue weighted by molar-refractivity contribution is 0.477. The van der Waals surface area contributed by atoms with Crippen LogP contribution in [-0.2, 0) is 10.9 Å². The second-order valence-electron chi connectivity index (χ2n) is 8.28. The zero-order valence-corrected chi connectivity index (χ0v) is 13.8. The first-order chi connectivity index (χ1) is 10.3. The van der Waals surface area contributed by atoms with Crippen LogP contribution in [-0.4, -0.2) is 9.49 Å². The van der Waals surface area contributed by atoms with Gasteiger partial charge in [0, 0.05) is 23.7 Å². The summed E-state index contributed by atoms with van der Waals surface area (Å²) in [6, 6.07) is 11.8. The normalized spacial score (nSPS) is 45.3. The van der Waals surface area contributed by atoms with Crippen molar-refractivity contribution in [2.75, 3.05) is 0 Å². The Hall–Kier alpha value is -0.430. The van der Waals surface area contributed by atoms with Crippen LogP contribution >= 0.6 is 0 Å². The van der Waals surface area contributed by atoms with Gasteiger partial charge in [-0.15, -0.1) is 0 Å². The highest BCUT2D eigenvalue weighted by Gasteiger charge is 2.67. The van der Waals surface area contributed by atoms with Crippen LogP contribution in [0.2, 0.25) is 0 Å². The van der Waals surface area contributed by atoms with Crippen LogP contribution in [0.25, 0.3) is 0 Å². The predicted octanol–water partition coefficient (Wildman–Crippen LogP) is 5.33. The molecule has 4 fully saturated rings. The fourth-order valence-corrected chi connectivity index (χ4v) is 10.8. The Kier molecular flexibility index (Phi) is 2.82. The van der Waals surface area contributed by atoms with E-state index in [1.165, 1.54) is 25.7 Å². The van der Waals surface area contributed by atoms with Crippen LogP contribution in [0.4, 0.5) is 0 Å². The quantitative estimate of drug-likeness (QED) is 0.662. The summed E-state index contributed by atoms with van der Waals surface area (Å²) < 4.78 is 1.43. The molecular formula is C20H27S+. The molecule has 0 amide bonds. The average Bonchev–Trinajstić information content (AvgIpc) is 3.29. The Balaban J connectivity index is 1.62. The minimum absolute atomic E-state index is 0.528. The minimum Gasteiger partial charge on any atom is -0.0619 e. The first-order valence-electron chi connectivity index (χ1n) is 9.09. The van der Waals surface area contributed by atoms with Crippen LogP contribution in [0.5, 0.6) is 0 Å². The van der Waals surface area contributed by atoms with Gasteiger partial charge in [0.05, 0.1) is 0 Å². The molecule has 0 saturated heterocycles. The minimum atomic E-state index is 0.528. The average molecular weight is 300 g/mol. The zero-order valence-electron chi connectivity index (χ0n) is 13.0. The Morgan fingerprint density at radius 3 is 1.57 bits per heavy atom. The second-order valence-corrected chi connectivity index (χ2v) is 11.1. The summed E-state index contributed by atoms with van der Waals surface area (Å²) in [6.45, 7) is 0.